The average molecular weight is 234 g/mol. The van der Waals surface area contributed by atoms with Crippen LogP contribution < -0.4 is 0 Å². The fourth-order valence-corrected chi connectivity index (χ4v) is 4.48. The Kier molecular flexibility index (Phi) is 6.08. The largest absolute Gasteiger partial charge is 0.481 e. The molecule has 0 saturated carbocycles. The Morgan fingerprint density at radius 2 is 1.60 bits per heavy atom. The van der Waals surface area contributed by atoms with E-state index in [1.165, 1.54) is 0 Å². The van der Waals surface area contributed by atoms with Crippen molar-refractivity contribution in [1.82, 2.24) is 0 Å². The molecule has 0 aromatic rings. The lowest BCUT2D eigenvalue weighted by molar-refractivity contribution is -0.135. The molecule has 0 atom stereocenters. The van der Waals surface area contributed by atoms with Crippen LogP contribution in [0.1, 0.15) is 34.6 Å². The van der Waals surface area contributed by atoms with Crippen LogP contribution in [0.25, 0.3) is 0 Å². The second kappa shape index (κ2) is 6.25. The third-order valence-electron chi connectivity index (χ3n) is 1.86. The maximum Gasteiger partial charge on any atom is 0.349 e. The van der Waals surface area contributed by atoms with Crippen molar-refractivity contribution in [2.45, 2.75) is 58.9 Å². The molecule has 90 valence electrons. The quantitative estimate of drug-likeness (QED) is 0.687. The standard InChI is InChI=1S/C10H22O4Si/c1-6-15(7-10(11)12,13-8(2)3)14-9(4)5/h8-9H,6-7H2,1-5H3,(H,11,12). The zero-order valence-corrected chi connectivity index (χ0v) is 11.2. The van der Waals surface area contributed by atoms with E-state index in [1.54, 1.807) is 0 Å². The van der Waals surface area contributed by atoms with Gasteiger partial charge < -0.3 is 14.0 Å². The summed E-state index contributed by atoms with van der Waals surface area (Å²) in [6.45, 7) is 9.55. The van der Waals surface area contributed by atoms with Crippen LogP contribution in [0.3, 0.4) is 0 Å². The molecule has 1 N–H and O–H groups in total. The van der Waals surface area contributed by atoms with Gasteiger partial charge in [-0.2, -0.15) is 0 Å². The molecule has 0 saturated heterocycles. The van der Waals surface area contributed by atoms with Gasteiger partial charge in [0.05, 0.1) is 6.04 Å². The van der Waals surface area contributed by atoms with E-state index in [-0.39, 0.29) is 18.3 Å². The lowest BCUT2D eigenvalue weighted by Gasteiger charge is -2.32. The van der Waals surface area contributed by atoms with Crippen LogP contribution in [0, 0.1) is 0 Å². The number of carboxylic acids is 1. The van der Waals surface area contributed by atoms with E-state index in [9.17, 15) is 4.79 Å². The highest BCUT2D eigenvalue weighted by atomic mass is 28.4. The van der Waals surface area contributed by atoms with Crippen molar-refractivity contribution < 1.29 is 18.8 Å². The van der Waals surface area contributed by atoms with E-state index in [0.717, 1.165) is 0 Å². The summed E-state index contributed by atoms with van der Waals surface area (Å²) in [5.74, 6) is -0.843. The molecule has 0 rings (SSSR count). The fraction of sp³-hybridized carbons (Fsp3) is 0.900. The molecule has 4 nitrogen and oxygen atoms in total. The molecule has 0 spiro atoms. The molecule has 0 aliphatic rings. The number of hydrogen-bond acceptors (Lipinski definition) is 3. The fourth-order valence-electron chi connectivity index (χ4n) is 1.49. The summed E-state index contributed by atoms with van der Waals surface area (Å²) in [6.07, 6.45) is 0.0180. The summed E-state index contributed by atoms with van der Waals surface area (Å²) in [4.78, 5) is 10.8. The molecule has 0 aromatic carbocycles. The highest BCUT2D eigenvalue weighted by Gasteiger charge is 2.40. The second-order valence-electron chi connectivity index (χ2n) is 4.17. The number of carbonyl (C=O) groups is 1. The minimum absolute atomic E-state index is 0.00900. The molecule has 0 unspecified atom stereocenters. The van der Waals surface area contributed by atoms with Gasteiger partial charge in [-0.05, 0) is 33.7 Å². The predicted octanol–water partition coefficient (Wildman–Crippen LogP) is 2.38. The topological polar surface area (TPSA) is 55.8 Å². The second-order valence-corrected chi connectivity index (χ2v) is 7.52. The summed E-state index contributed by atoms with van der Waals surface area (Å²) in [5, 5.41) is 8.88. The Bertz CT molecular complexity index is 194. The van der Waals surface area contributed by atoms with Gasteiger partial charge in [-0.3, -0.25) is 4.79 Å². The molecule has 0 aromatic heterocycles. The van der Waals surface area contributed by atoms with E-state index in [0.29, 0.717) is 6.04 Å². The normalized spacial score (nSPS) is 12.5. The highest BCUT2D eigenvalue weighted by Crippen LogP contribution is 2.22. The Labute approximate surface area is 92.8 Å². The van der Waals surface area contributed by atoms with Crippen LogP contribution in [0.4, 0.5) is 0 Å². The number of carboxylic acid groups (broad SMARTS) is 1. The average Bonchev–Trinajstić information content (AvgIpc) is 1.99. The van der Waals surface area contributed by atoms with E-state index in [2.05, 4.69) is 0 Å². The summed E-state index contributed by atoms with van der Waals surface area (Å²) in [5.41, 5.74) is 0. The first kappa shape index (κ1) is 14.6. The van der Waals surface area contributed by atoms with Crippen molar-refractivity contribution in [2.24, 2.45) is 0 Å². The zero-order chi connectivity index (χ0) is 12.1. The summed E-state index contributed by atoms with van der Waals surface area (Å²) in [7, 11) is -2.56. The van der Waals surface area contributed by atoms with Crippen molar-refractivity contribution in [2.75, 3.05) is 0 Å². The van der Waals surface area contributed by atoms with Gasteiger partial charge >= 0.3 is 14.5 Å². The van der Waals surface area contributed by atoms with Gasteiger partial charge in [0.15, 0.2) is 0 Å². The van der Waals surface area contributed by atoms with Crippen LogP contribution in [-0.2, 0) is 13.6 Å². The van der Waals surface area contributed by atoms with Crippen molar-refractivity contribution in [1.29, 1.82) is 0 Å². The molecule has 0 aliphatic heterocycles. The van der Waals surface area contributed by atoms with Crippen molar-refractivity contribution >= 4 is 14.5 Å². The molecular weight excluding hydrogens is 212 g/mol. The molecule has 0 amide bonds. The van der Waals surface area contributed by atoms with Crippen LogP contribution in [0.2, 0.25) is 12.1 Å². The monoisotopic (exact) mass is 234 g/mol. The predicted molar refractivity (Wildman–Crippen MR) is 61.1 cm³/mol. The van der Waals surface area contributed by atoms with Gasteiger partial charge in [-0.1, -0.05) is 6.92 Å². The third-order valence-corrected chi connectivity index (χ3v) is 5.58. The number of aliphatic carboxylic acids is 1. The van der Waals surface area contributed by atoms with Crippen molar-refractivity contribution in [3.8, 4) is 0 Å². The first-order valence-electron chi connectivity index (χ1n) is 5.38. The van der Waals surface area contributed by atoms with Gasteiger partial charge in [-0.15, -0.1) is 0 Å². The first-order valence-corrected chi connectivity index (χ1v) is 7.62. The van der Waals surface area contributed by atoms with Crippen LogP contribution in [-0.4, -0.2) is 31.8 Å². The first-order chi connectivity index (χ1) is 6.81. The minimum atomic E-state index is -2.56. The van der Waals surface area contributed by atoms with Gasteiger partial charge in [0.25, 0.3) is 0 Å². The van der Waals surface area contributed by atoms with Crippen LogP contribution >= 0.6 is 0 Å². The van der Waals surface area contributed by atoms with Gasteiger partial charge in [-0.25, -0.2) is 0 Å². The Balaban J connectivity index is 4.66. The lowest BCUT2D eigenvalue weighted by Crippen LogP contribution is -2.47. The molecule has 0 aliphatic carbocycles. The van der Waals surface area contributed by atoms with Crippen molar-refractivity contribution in [3.05, 3.63) is 0 Å². The Morgan fingerprint density at radius 3 is 1.80 bits per heavy atom. The van der Waals surface area contributed by atoms with E-state index >= 15 is 0 Å². The number of rotatable bonds is 7. The molecule has 15 heavy (non-hydrogen) atoms. The molecular formula is C10H22O4Si. The van der Waals surface area contributed by atoms with Gasteiger partial charge in [0.1, 0.15) is 0 Å². The molecule has 0 bridgehead atoms. The molecule has 0 heterocycles. The van der Waals surface area contributed by atoms with Gasteiger partial charge in [0.2, 0.25) is 0 Å². The summed E-state index contributed by atoms with van der Waals surface area (Å²) >= 11 is 0. The third kappa shape index (κ3) is 5.91. The van der Waals surface area contributed by atoms with Crippen LogP contribution in [0.5, 0.6) is 0 Å². The lowest BCUT2D eigenvalue weighted by atomic mass is 10.5. The summed E-state index contributed by atoms with van der Waals surface area (Å²) in [6, 6.07) is 0.676. The zero-order valence-electron chi connectivity index (χ0n) is 10.2. The summed E-state index contributed by atoms with van der Waals surface area (Å²) < 4.78 is 11.5. The molecule has 5 heteroatoms. The SMILES string of the molecule is CC[Si](CC(=O)O)(OC(C)C)OC(C)C. The van der Waals surface area contributed by atoms with Crippen molar-refractivity contribution in [3.63, 3.8) is 0 Å². The van der Waals surface area contributed by atoms with E-state index in [4.69, 9.17) is 14.0 Å². The molecule has 0 fully saturated rings. The maximum absolute atomic E-state index is 10.8. The van der Waals surface area contributed by atoms with E-state index in [1.807, 2.05) is 34.6 Å². The maximum atomic E-state index is 10.8. The molecule has 0 radical (unpaired) electrons. The Morgan fingerprint density at radius 1 is 1.20 bits per heavy atom. The highest BCUT2D eigenvalue weighted by molar-refractivity contribution is 6.70. The number of hydrogen-bond donors (Lipinski definition) is 1. The van der Waals surface area contributed by atoms with E-state index < -0.39 is 14.5 Å². The smallest absolute Gasteiger partial charge is 0.349 e. The Hall–Kier alpha value is -0.393. The van der Waals surface area contributed by atoms with Crippen LogP contribution in [0.15, 0.2) is 0 Å². The van der Waals surface area contributed by atoms with Gasteiger partial charge in [0, 0.05) is 12.2 Å². The minimum Gasteiger partial charge on any atom is -0.481 e.